The minimum absolute atomic E-state index is 0.771. The van der Waals surface area contributed by atoms with E-state index in [2.05, 4.69) is 27.0 Å². The van der Waals surface area contributed by atoms with Gasteiger partial charge < -0.3 is 0 Å². The Hall–Kier alpha value is -1.52. The van der Waals surface area contributed by atoms with Crippen molar-refractivity contribution in [2.75, 3.05) is 0 Å². The molecule has 0 unspecified atom stereocenters. The van der Waals surface area contributed by atoms with Crippen LogP contribution in [0.25, 0.3) is 0 Å². The maximum absolute atomic E-state index is 3.87. The van der Waals surface area contributed by atoms with Crippen molar-refractivity contribution in [1.29, 1.82) is 0 Å². The van der Waals surface area contributed by atoms with Crippen molar-refractivity contribution in [2.24, 2.45) is 10.2 Å². The number of nitrogens with zero attached hydrogens (tertiary/aromatic N) is 5. The van der Waals surface area contributed by atoms with Crippen LogP contribution >= 0.6 is 0 Å². The normalized spacial score (nSPS) is 10.5. The summed E-state index contributed by atoms with van der Waals surface area (Å²) in [6.07, 6.45) is 2.89. The molecule has 1 aromatic rings. The Morgan fingerprint density at radius 2 is 2.60 bits per heavy atom. The molecule has 0 N–H and O–H groups in total. The predicted octanol–water partition coefficient (Wildman–Crippen LogP) is 0.0785. The molecule has 0 aromatic carbocycles. The van der Waals surface area contributed by atoms with E-state index in [4.69, 9.17) is 0 Å². The Morgan fingerprint density at radius 1 is 1.80 bits per heavy atom. The second kappa shape index (κ2) is 2.86. The minimum Gasteiger partial charge on any atom is -0.220 e. The van der Waals surface area contributed by atoms with E-state index >= 15 is 0 Å². The highest BCUT2D eigenvalue weighted by Crippen LogP contribution is 1.84. The number of hydrogen-bond acceptors (Lipinski definition) is 4. The fourth-order valence-electron chi connectivity index (χ4n) is 0.507. The second-order valence-corrected chi connectivity index (χ2v) is 1.62. The highest BCUT2D eigenvalue weighted by molar-refractivity contribution is 5.57. The summed E-state index contributed by atoms with van der Waals surface area (Å²) < 4.78 is 1.51. The Bertz CT molecular complexity index is 248. The number of aromatic nitrogens is 3. The van der Waals surface area contributed by atoms with Crippen LogP contribution in [0.1, 0.15) is 5.82 Å². The molecule has 0 aliphatic heterocycles. The van der Waals surface area contributed by atoms with Crippen molar-refractivity contribution in [1.82, 2.24) is 14.8 Å². The monoisotopic (exact) mass is 137 g/mol. The number of rotatable bonds is 2. The van der Waals surface area contributed by atoms with Gasteiger partial charge in [-0.1, -0.05) is 0 Å². The van der Waals surface area contributed by atoms with E-state index in [1.807, 2.05) is 6.92 Å². The third kappa shape index (κ3) is 1.25. The molecule has 0 spiro atoms. The quantitative estimate of drug-likeness (QED) is 0.329. The molecular weight excluding hydrogens is 130 g/mol. The van der Waals surface area contributed by atoms with Gasteiger partial charge in [0.15, 0.2) is 0 Å². The molecule has 0 aliphatic rings. The fourth-order valence-corrected chi connectivity index (χ4v) is 0.507. The average molecular weight is 137 g/mol. The first-order chi connectivity index (χ1) is 4.84. The lowest BCUT2D eigenvalue weighted by Gasteiger charge is -1.87. The Kier molecular flexibility index (Phi) is 1.89. The summed E-state index contributed by atoms with van der Waals surface area (Å²) in [6, 6.07) is 0. The van der Waals surface area contributed by atoms with E-state index < -0.39 is 0 Å². The van der Waals surface area contributed by atoms with Gasteiger partial charge in [0, 0.05) is 6.72 Å². The molecule has 1 heterocycles. The fraction of sp³-hybridized carbons (Fsp3) is 0.200. The number of aryl methyl sites for hydroxylation is 1. The Labute approximate surface area is 58.1 Å². The second-order valence-electron chi connectivity index (χ2n) is 1.62. The van der Waals surface area contributed by atoms with Gasteiger partial charge in [-0.3, -0.25) is 0 Å². The van der Waals surface area contributed by atoms with Crippen LogP contribution in [0, 0.1) is 6.92 Å². The highest BCUT2D eigenvalue weighted by atomic mass is 15.4. The lowest BCUT2D eigenvalue weighted by Crippen LogP contribution is -1.99. The van der Waals surface area contributed by atoms with E-state index in [1.165, 1.54) is 17.3 Å². The zero-order valence-electron chi connectivity index (χ0n) is 5.60. The predicted molar refractivity (Wildman–Crippen MR) is 38.2 cm³/mol. The van der Waals surface area contributed by atoms with Crippen LogP contribution in [-0.2, 0) is 0 Å². The topological polar surface area (TPSA) is 55.4 Å². The van der Waals surface area contributed by atoms with Gasteiger partial charge in [0.1, 0.15) is 18.5 Å². The van der Waals surface area contributed by atoms with Gasteiger partial charge >= 0.3 is 0 Å². The van der Waals surface area contributed by atoms with Crippen molar-refractivity contribution in [2.45, 2.75) is 6.92 Å². The zero-order valence-corrected chi connectivity index (χ0v) is 5.60. The van der Waals surface area contributed by atoms with E-state index in [0.717, 1.165) is 5.82 Å². The minimum atomic E-state index is 0.771. The molecule has 5 nitrogen and oxygen atoms in total. The van der Waals surface area contributed by atoms with Crippen LogP contribution in [0.3, 0.4) is 0 Å². The molecule has 0 saturated carbocycles. The Morgan fingerprint density at radius 3 is 3.10 bits per heavy atom. The Balaban J connectivity index is 2.83. The summed E-state index contributed by atoms with van der Waals surface area (Å²) in [5.41, 5.74) is 0. The molecule has 52 valence electrons. The lowest BCUT2D eigenvalue weighted by molar-refractivity contribution is 0.904. The maximum Gasteiger partial charge on any atom is 0.141 e. The van der Waals surface area contributed by atoms with Crippen LogP contribution in [0.5, 0.6) is 0 Å². The van der Waals surface area contributed by atoms with E-state index in [0.29, 0.717) is 0 Å². The number of hydrogen-bond donors (Lipinski definition) is 0. The molecule has 0 bridgehead atoms. The van der Waals surface area contributed by atoms with Crippen LogP contribution < -0.4 is 0 Å². The average Bonchev–Trinajstić information content (AvgIpc) is 2.31. The van der Waals surface area contributed by atoms with Gasteiger partial charge in [0.2, 0.25) is 0 Å². The van der Waals surface area contributed by atoms with Gasteiger partial charge in [-0.2, -0.15) is 10.2 Å². The molecule has 0 atom stereocenters. The first-order valence-electron chi connectivity index (χ1n) is 2.70. The molecule has 0 saturated heterocycles. The van der Waals surface area contributed by atoms with Crippen molar-refractivity contribution in [3.63, 3.8) is 0 Å². The first-order valence-corrected chi connectivity index (χ1v) is 2.70. The molecule has 0 aliphatic carbocycles. The van der Waals surface area contributed by atoms with Gasteiger partial charge in [0.05, 0.1) is 0 Å². The van der Waals surface area contributed by atoms with Gasteiger partial charge in [0.25, 0.3) is 0 Å². The summed E-state index contributed by atoms with van der Waals surface area (Å²) in [6.45, 7) is 5.00. The third-order valence-corrected chi connectivity index (χ3v) is 0.995. The smallest absolute Gasteiger partial charge is 0.141 e. The van der Waals surface area contributed by atoms with Gasteiger partial charge in [-0.25, -0.2) is 9.67 Å². The molecular formula is C5H7N5. The highest BCUT2D eigenvalue weighted by Gasteiger charge is 1.90. The van der Waals surface area contributed by atoms with Crippen LogP contribution in [-0.4, -0.2) is 27.8 Å². The van der Waals surface area contributed by atoms with Crippen molar-refractivity contribution >= 4 is 13.1 Å². The third-order valence-electron chi connectivity index (χ3n) is 0.995. The van der Waals surface area contributed by atoms with Crippen molar-refractivity contribution in [3.05, 3.63) is 12.2 Å². The summed E-state index contributed by atoms with van der Waals surface area (Å²) in [5, 5.41) is 10.6. The molecule has 1 rings (SSSR count). The molecule has 5 heteroatoms. The standard InChI is InChI=1S/C5H7N5/c1-5-7-3-9-10(5)4-8-6-2/h3-4H,2H2,1H3/b8-4-. The largest absolute Gasteiger partial charge is 0.220 e. The lowest BCUT2D eigenvalue weighted by atomic mass is 10.7. The van der Waals surface area contributed by atoms with Crippen molar-refractivity contribution < 1.29 is 0 Å². The van der Waals surface area contributed by atoms with Gasteiger partial charge in [-0.15, -0.1) is 5.10 Å². The summed E-state index contributed by atoms with van der Waals surface area (Å²) in [7, 11) is 0. The van der Waals surface area contributed by atoms with E-state index in [9.17, 15) is 0 Å². The summed E-state index contributed by atoms with van der Waals surface area (Å²) in [5.74, 6) is 0.771. The van der Waals surface area contributed by atoms with E-state index in [1.54, 1.807) is 0 Å². The zero-order chi connectivity index (χ0) is 7.40. The molecule has 10 heavy (non-hydrogen) atoms. The van der Waals surface area contributed by atoms with Crippen LogP contribution in [0.4, 0.5) is 0 Å². The molecule has 0 amide bonds. The first kappa shape index (κ1) is 6.60. The van der Waals surface area contributed by atoms with Crippen LogP contribution in [0.15, 0.2) is 16.5 Å². The summed E-state index contributed by atoms with van der Waals surface area (Å²) in [4.78, 5) is 3.87. The van der Waals surface area contributed by atoms with Crippen LogP contribution in [0.2, 0.25) is 0 Å². The molecule has 1 aromatic heterocycles. The van der Waals surface area contributed by atoms with Crippen molar-refractivity contribution in [3.8, 4) is 0 Å². The maximum atomic E-state index is 3.87. The van der Waals surface area contributed by atoms with Gasteiger partial charge in [-0.05, 0) is 6.92 Å². The summed E-state index contributed by atoms with van der Waals surface area (Å²) >= 11 is 0. The SMILES string of the molecule is C=N/N=C\n1ncnc1C. The molecule has 0 radical (unpaired) electrons. The van der Waals surface area contributed by atoms with E-state index in [-0.39, 0.29) is 0 Å². The molecule has 0 fully saturated rings.